The lowest BCUT2D eigenvalue weighted by Crippen LogP contribution is -2.25. The molecule has 2 aromatic carbocycles. The first-order valence-electron chi connectivity index (χ1n) is 6.50. The van der Waals surface area contributed by atoms with Crippen molar-refractivity contribution in [2.75, 3.05) is 11.4 Å². The second-order valence-corrected chi connectivity index (χ2v) is 5.79. The number of anilines is 1. The number of benzene rings is 2. The van der Waals surface area contributed by atoms with E-state index in [1.165, 1.54) is 5.56 Å². The summed E-state index contributed by atoms with van der Waals surface area (Å²) in [5.41, 5.74) is 9.11. The molecule has 0 aromatic heterocycles. The maximum absolute atomic E-state index is 5.88. The fraction of sp³-hybridized carbons (Fsp3) is 0.188. The summed E-state index contributed by atoms with van der Waals surface area (Å²) >= 11 is 8.73. The highest BCUT2D eigenvalue weighted by Crippen LogP contribution is 2.28. The minimum absolute atomic E-state index is 0.416. The molecular weight excluding hydrogens is 332 g/mol. The lowest BCUT2D eigenvalue weighted by atomic mass is 10.1. The molecule has 2 N–H and O–H groups in total. The van der Waals surface area contributed by atoms with Crippen LogP contribution in [0, 0.1) is 0 Å². The van der Waals surface area contributed by atoms with Crippen LogP contribution in [-0.2, 0) is 6.54 Å². The van der Waals surface area contributed by atoms with E-state index in [1.807, 2.05) is 18.2 Å². The van der Waals surface area contributed by atoms with E-state index in [0.29, 0.717) is 4.99 Å². The predicted octanol–water partition coefficient (Wildman–Crippen LogP) is 4.11. The van der Waals surface area contributed by atoms with Gasteiger partial charge in [-0.1, -0.05) is 48.6 Å². The van der Waals surface area contributed by atoms with Crippen LogP contribution in [-0.4, -0.2) is 11.5 Å². The molecule has 0 fully saturated rings. The molecule has 20 heavy (non-hydrogen) atoms. The standard InChI is InChI=1S/C16H17BrN2S/c1-2-19(11-12-7-4-3-5-8-12)14-10-6-9-13(17)15(14)16(18)20/h3-10H,2,11H2,1H3,(H2,18,20). The topological polar surface area (TPSA) is 29.3 Å². The number of nitrogens with zero attached hydrogens (tertiary/aromatic N) is 1. The highest BCUT2D eigenvalue weighted by Gasteiger charge is 2.14. The third-order valence-corrected chi connectivity index (χ3v) is 4.04. The highest BCUT2D eigenvalue weighted by atomic mass is 79.9. The number of hydrogen-bond donors (Lipinski definition) is 1. The van der Waals surface area contributed by atoms with E-state index in [4.69, 9.17) is 18.0 Å². The monoisotopic (exact) mass is 348 g/mol. The summed E-state index contributed by atoms with van der Waals surface area (Å²) < 4.78 is 0.939. The fourth-order valence-corrected chi connectivity index (χ4v) is 3.11. The van der Waals surface area contributed by atoms with Crippen LogP contribution in [0.15, 0.2) is 53.0 Å². The Labute approximate surface area is 133 Å². The molecule has 0 bridgehead atoms. The Hall–Kier alpha value is -1.39. The third kappa shape index (κ3) is 3.38. The van der Waals surface area contributed by atoms with Gasteiger partial charge in [-0.15, -0.1) is 0 Å². The summed E-state index contributed by atoms with van der Waals surface area (Å²) in [4.78, 5) is 2.69. The summed E-state index contributed by atoms with van der Waals surface area (Å²) in [5, 5.41) is 0. The number of halogens is 1. The Kier molecular flexibility index (Phi) is 5.15. The van der Waals surface area contributed by atoms with Crippen LogP contribution in [0.2, 0.25) is 0 Å². The zero-order chi connectivity index (χ0) is 14.5. The molecule has 0 aliphatic carbocycles. The minimum Gasteiger partial charge on any atom is -0.389 e. The molecular formula is C16H17BrN2S. The van der Waals surface area contributed by atoms with Crippen LogP contribution in [0.25, 0.3) is 0 Å². The first-order valence-corrected chi connectivity index (χ1v) is 7.70. The van der Waals surface area contributed by atoms with Gasteiger partial charge in [-0.3, -0.25) is 0 Å². The summed E-state index contributed by atoms with van der Waals surface area (Å²) in [6, 6.07) is 16.4. The van der Waals surface area contributed by atoms with Crippen LogP contribution in [0.1, 0.15) is 18.1 Å². The molecule has 0 atom stereocenters. The Morgan fingerprint density at radius 3 is 2.45 bits per heavy atom. The Balaban J connectivity index is 2.37. The molecule has 2 nitrogen and oxygen atoms in total. The number of nitrogens with two attached hydrogens (primary N) is 1. The van der Waals surface area contributed by atoms with E-state index in [0.717, 1.165) is 28.8 Å². The molecule has 0 aliphatic rings. The largest absolute Gasteiger partial charge is 0.389 e. The van der Waals surface area contributed by atoms with Crippen LogP contribution in [0.5, 0.6) is 0 Å². The van der Waals surface area contributed by atoms with E-state index in [2.05, 4.69) is 58.1 Å². The molecule has 4 heteroatoms. The quantitative estimate of drug-likeness (QED) is 0.824. The van der Waals surface area contributed by atoms with Crippen molar-refractivity contribution >= 4 is 38.8 Å². The number of rotatable bonds is 5. The predicted molar refractivity (Wildman–Crippen MR) is 93.2 cm³/mol. The van der Waals surface area contributed by atoms with Crippen molar-refractivity contribution < 1.29 is 0 Å². The second kappa shape index (κ2) is 6.86. The van der Waals surface area contributed by atoms with Crippen LogP contribution in [0.3, 0.4) is 0 Å². The van der Waals surface area contributed by atoms with Gasteiger partial charge in [0, 0.05) is 28.8 Å². The maximum atomic E-state index is 5.88. The Morgan fingerprint density at radius 1 is 1.15 bits per heavy atom. The zero-order valence-corrected chi connectivity index (χ0v) is 13.7. The van der Waals surface area contributed by atoms with Crippen molar-refractivity contribution in [3.05, 3.63) is 64.1 Å². The van der Waals surface area contributed by atoms with E-state index in [9.17, 15) is 0 Å². The molecule has 2 rings (SSSR count). The van der Waals surface area contributed by atoms with Crippen molar-refractivity contribution in [3.8, 4) is 0 Å². The molecule has 0 heterocycles. The van der Waals surface area contributed by atoms with E-state index in [-0.39, 0.29) is 0 Å². The Morgan fingerprint density at radius 2 is 1.85 bits per heavy atom. The molecule has 0 aliphatic heterocycles. The third-order valence-electron chi connectivity index (χ3n) is 3.18. The molecule has 0 saturated heterocycles. The number of thiocarbonyl (C=S) groups is 1. The van der Waals surface area contributed by atoms with Gasteiger partial charge in [0.25, 0.3) is 0 Å². The van der Waals surface area contributed by atoms with Gasteiger partial charge in [0.15, 0.2) is 0 Å². The SMILES string of the molecule is CCN(Cc1ccccc1)c1cccc(Br)c1C(N)=S. The van der Waals surface area contributed by atoms with Crippen LogP contribution < -0.4 is 10.6 Å². The smallest absolute Gasteiger partial charge is 0.107 e. The van der Waals surface area contributed by atoms with Crippen molar-refractivity contribution in [1.82, 2.24) is 0 Å². The van der Waals surface area contributed by atoms with E-state index < -0.39 is 0 Å². The van der Waals surface area contributed by atoms with Gasteiger partial charge in [0.2, 0.25) is 0 Å². The number of hydrogen-bond acceptors (Lipinski definition) is 2. The summed E-state index contributed by atoms with van der Waals surface area (Å²) in [7, 11) is 0. The van der Waals surface area contributed by atoms with E-state index >= 15 is 0 Å². The Bertz CT molecular complexity index is 599. The minimum atomic E-state index is 0.416. The molecule has 0 radical (unpaired) electrons. The van der Waals surface area contributed by atoms with Gasteiger partial charge >= 0.3 is 0 Å². The molecule has 2 aromatic rings. The van der Waals surface area contributed by atoms with E-state index in [1.54, 1.807) is 0 Å². The molecule has 104 valence electrons. The molecule has 0 unspecified atom stereocenters. The van der Waals surface area contributed by atoms with Gasteiger partial charge < -0.3 is 10.6 Å². The van der Waals surface area contributed by atoms with Crippen molar-refractivity contribution in [2.45, 2.75) is 13.5 Å². The van der Waals surface area contributed by atoms with Crippen molar-refractivity contribution in [1.29, 1.82) is 0 Å². The van der Waals surface area contributed by atoms with Gasteiger partial charge in [0.1, 0.15) is 4.99 Å². The summed E-state index contributed by atoms with van der Waals surface area (Å²) in [6.45, 7) is 3.86. The average molecular weight is 349 g/mol. The summed E-state index contributed by atoms with van der Waals surface area (Å²) in [5.74, 6) is 0. The lowest BCUT2D eigenvalue weighted by molar-refractivity contribution is 0.830. The van der Waals surface area contributed by atoms with Crippen LogP contribution in [0.4, 0.5) is 5.69 Å². The van der Waals surface area contributed by atoms with Gasteiger partial charge in [-0.2, -0.15) is 0 Å². The highest BCUT2D eigenvalue weighted by molar-refractivity contribution is 9.10. The first-order chi connectivity index (χ1) is 9.63. The van der Waals surface area contributed by atoms with Crippen molar-refractivity contribution in [3.63, 3.8) is 0 Å². The molecule has 0 spiro atoms. The molecule has 0 saturated carbocycles. The normalized spacial score (nSPS) is 10.3. The van der Waals surface area contributed by atoms with Gasteiger partial charge in [0.05, 0.1) is 0 Å². The average Bonchev–Trinajstić information content (AvgIpc) is 2.45. The molecule has 0 amide bonds. The first kappa shape index (κ1) is 15.0. The fourth-order valence-electron chi connectivity index (χ4n) is 2.19. The van der Waals surface area contributed by atoms with Crippen molar-refractivity contribution in [2.24, 2.45) is 5.73 Å². The maximum Gasteiger partial charge on any atom is 0.107 e. The second-order valence-electron chi connectivity index (χ2n) is 4.50. The zero-order valence-electron chi connectivity index (χ0n) is 11.3. The van der Waals surface area contributed by atoms with Gasteiger partial charge in [-0.05, 0) is 40.5 Å². The van der Waals surface area contributed by atoms with Gasteiger partial charge in [-0.25, -0.2) is 0 Å². The summed E-state index contributed by atoms with van der Waals surface area (Å²) in [6.07, 6.45) is 0. The lowest BCUT2D eigenvalue weighted by Gasteiger charge is -2.26. The van der Waals surface area contributed by atoms with Crippen LogP contribution >= 0.6 is 28.1 Å².